The fraction of sp³-hybridized carbons (Fsp3) is 0.688. The minimum absolute atomic E-state index is 0.358. The zero-order valence-electron chi connectivity index (χ0n) is 13.3. The Morgan fingerprint density at radius 3 is 2.80 bits per heavy atom. The standard InChI is InChI=1S/C16H28N4/c1-5-15(17-3)16-8-7-14(11-18-16)20-10-6-9-19(4)12-13(20)2/h7-8,11,13,15,17H,5-6,9-10,12H2,1-4H3. The molecule has 1 aliphatic rings. The molecule has 0 amide bonds. The van der Waals surface area contributed by atoms with Gasteiger partial charge in [0.25, 0.3) is 0 Å². The van der Waals surface area contributed by atoms with Gasteiger partial charge in [-0.2, -0.15) is 0 Å². The van der Waals surface area contributed by atoms with Gasteiger partial charge in [-0.1, -0.05) is 6.92 Å². The predicted molar refractivity (Wildman–Crippen MR) is 85.3 cm³/mol. The number of anilines is 1. The number of hydrogen-bond donors (Lipinski definition) is 1. The van der Waals surface area contributed by atoms with Gasteiger partial charge in [0.15, 0.2) is 0 Å². The number of rotatable bonds is 4. The van der Waals surface area contributed by atoms with E-state index >= 15 is 0 Å². The Balaban J connectivity index is 2.12. The summed E-state index contributed by atoms with van der Waals surface area (Å²) < 4.78 is 0. The molecule has 20 heavy (non-hydrogen) atoms. The zero-order valence-corrected chi connectivity index (χ0v) is 13.3. The average Bonchev–Trinajstić information content (AvgIpc) is 2.62. The molecular weight excluding hydrogens is 248 g/mol. The molecule has 2 unspecified atom stereocenters. The summed E-state index contributed by atoms with van der Waals surface area (Å²) in [6, 6.07) is 5.30. The van der Waals surface area contributed by atoms with Crippen LogP contribution in [0, 0.1) is 0 Å². The number of nitrogens with one attached hydrogen (secondary N) is 1. The lowest BCUT2D eigenvalue weighted by molar-refractivity contribution is 0.337. The molecule has 0 radical (unpaired) electrons. The van der Waals surface area contributed by atoms with Gasteiger partial charge < -0.3 is 15.1 Å². The largest absolute Gasteiger partial charge is 0.366 e. The van der Waals surface area contributed by atoms with E-state index in [2.05, 4.69) is 53.1 Å². The van der Waals surface area contributed by atoms with Crippen LogP contribution in [0.25, 0.3) is 0 Å². The number of pyridine rings is 1. The quantitative estimate of drug-likeness (QED) is 0.914. The summed E-state index contributed by atoms with van der Waals surface area (Å²) in [5.41, 5.74) is 2.39. The maximum absolute atomic E-state index is 4.66. The van der Waals surface area contributed by atoms with E-state index in [-0.39, 0.29) is 0 Å². The lowest BCUT2D eigenvalue weighted by atomic mass is 10.1. The van der Waals surface area contributed by atoms with E-state index in [0.29, 0.717) is 12.1 Å². The molecule has 4 nitrogen and oxygen atoms in total. The Hall–Kier alpha value is -1.13. The lowest BCUT2D eigenvalue weighted by Gasteiger charge is -2.30. The van der Waals surface area contributed by atoms with Crippen molar-refractivity contribution in [3.05, 3.63) is 24.0 Å². The summed E-state index contributed by atoms with van der Waals surface area (Å²) in [6.07, 6.45) is 4.32. The van der Waals surface area contributed by atoms with Crippen molar-refractivity contribution in [1.29, 1.82) is 0 Å². The number of likely N-dealkylation sites (N-methyl/N-ethyl adjacent to an activating group) is 1. The van der Waals surface area contributed by atoms with Crippen molar-refractivity contribution < 1.29 is 0 Å². The van der Waals surface area contributed by atoms with Gasteiger partial charge in [-0.3, -0.25) is 4.98 Å². The SMILES string of the molecule is CCC(NC)c1ccc(N2CCCN(C)CC2C)cn1. The Kier molecular flexibility index (Phi) is 5.38. The highest BCUT2D eigenvalue weighted by molar-refractivity contribution is 5.46. The third kappa shape index (κ3) is 3.49. The molecule has 0 aromatic carbocycles. The van der Waals surface area contributed by atoms with Crippen LogP contribution in [0.4, 0.5) is 5.69 Å². The van der Waals surface area contributed by atoms with E-state index in [9.17, 15) is 0 Å². The van der Waals surface area contributed by atoms with E-state index in [0.717, 1.165) is 25.2 Å². The monoisotopic (exact) mass is 276 g/mol. The fourth-order valence-corrected chi connectivity index (χ4v) is 3.09. The second kappa shape index (κ2) is 7.04. The molecular formula is C16H28N4. The molecule has 1 aliphatic heterocycles. The van der Waals surface area contributed by atoms with Crippen LogP contribution in [0.1, 0.15) is 38.4 Å². The van der Waals surface area contributed by atoms with Crippen molar-refractivity contribution in [1.82, 2.24) is 15.2 Å². The van der Waals surface area contributed by atoms with Crippen LogP contribution < -0.4 is 10.2 Å². The van der Waals surface area contributed by atoms with Gasteiger partial charge in [0, 0.05) is 25.2 Å². The molecule has 1 aromatic rings. The first kappa shape index (κ1) is 15.3. The van der Waals surface area contributed by atoms with Crippen molar-refractivity contribution >= 4 is 5.69 Å². The summed E-state index contributed by atoms with van der Waals surface area (Å²) in [5.74, 6) is 0. The third-order valence-electron chi connectivity index (χ3n) is 4.26. The van der Waals surface area contributed by atoms with Crippen molar-refractivity contribution in [3.8, 4) is 0 Å². The Bertz CT molecular complexity index is 399. The Morgan fingerprint density at radius 2 is 2.20 bits per heavy atom. The molecule has 0 spiro atoms. The molecule has 112 valence electrons. The van der Waals surface area contributed by atoms with Gasteiger partial charge in [-0.05, 0) is 52.5 Å². The molecule has 1 N–H and O–H groups in total. The van der Waals surface area contributed by atoms with Gasteiger partial charge in [0.1, 0.15) is 0 Å². The van der Waals surface area contributed by atoms with Crippen molar-refractivity contribution in [2.75, 3.05) is 38.6 Å². The van der Waals surface area contributed by atoms with E-state index in [1.807, 2.05) is 13.2 Å². The molecule has 1 aromatic heterocycles. The highest BCUT2D eigenvalue weighted by Crippen LogP contribution is 2.22. The van der Waals surface area contributed by atoms with Gasteiger partial charge in [0.2, 0.25) is 0 Å². The second-order valence-electron chi connectivity index (χ2n) is 5.85. The molecule has 0 aliphatic carbocycles. The van der Waals surface area contributed by atoms with Crippen LogP contribution in [0.15, 0.2) is 18.3 Å². The topological polar surface area (TPSA) is 31.4 Å². The predicted octanol–water partition coefficient (Wildman–Crippen LogP) is 2.28. The van der Waals surface area contributed by atoms with Gasteiger partial charge >= 0.3 is 0 Å². The maximum atomic E-state index is 4.66. The maximum Gasteiger partial charge on any atom is 0.0574 e. The van der Waals surface area contributed by atoms with Crippen LogP contribution in [-0.2, 0) is 0 Å². The van der Waals surface area contributed by atoms with Crippen LogP contribution >= 0.6 is 0 Å². The summed E-state index contributed by atoms with van der Waals surface area (Å²) in [5, 5.41) is 3.31. The summed E-state index contributed by atoms with van der Waals surface area (Å²) >= 11 is 0. The molecule has 1 fully saturated rings. The van der Waals surface area contributed by atoms with E-state index in [4.69, 9.17) is 0 Å². The normalized spacial score (nSPS) is 22.6. The zero-order chi connectivity index (χ0) is 14.5. The fourth-order valence-electron chi connectivity index (χ4n) is 3.09. The number of aromatic nitrogens is 1. The molecule has 2 rings (SSSR count). The Labute approximate surface area is 123 Å². The minimum Gasteiger partial charge on any atom is -0.366 e. The highest BCUT2D eigenvalue weighted by atomic mass is 15.2. The van der Waals surface area contributed by atoms with Crippen LogP contribution in [0.2, 0.25) is 0 Å². The van der Waals surface area contributed by atoms with Crippen molar-refractivity contribution in [3.63, 3.8) is 0 Å². The molecule has 1 saturated heterocycles. The average molecular weight is 276 g/mol. The van der Waals surface area contributed by atoms with Crippen molar-refractivity contribution in [2.45, 2.75) is 38.8 Å². The van der Waals surface area contributed by atoms with E-state index < -0.39 is 0 Å². The summed E-state index contributed by atoms with van der Waals surface area (Å²) in [7, 11) is 4.20. The Morgan fingerprint density at radius 1 is 1.40 bits per heavy atom. The second-order valence-corrected chi connectivity index (χ2v) is 5.85. The van der Waals surface area contributed by atoms with Crippen LogP contribution in [0.3, 0.4) is 0 Å². The number of hydrogen-bond acceptors (Lipinski definition) is 4. The first-order valence-electron chi connectivity index (χ1n) is 7.74. The first-order valence-corrected chi connectivity index (χ1v) is 7.74. The smallest absolute Gasteiger partial charge is 0.0574 e. The van der Waals surface area contributed by atoms with E-state index in [1.165, 1.54) is 18.7 Å². The highest BCUT2D eigenvalue weighted by Gasteiger charge is 2.20. The van der Waals surface area contributed by atoms with E-state index in [1.54, 1.807) is 0 Å². The van der Waals surface area contributed by atoms with Gasteiger partial charge in [-0.25, -0.2) is 0 Å². The van der Waals surface area contributed by atoms with Gasteiger partial charge in [0.05, 0.1) is 17.6 Å². The third-order valence-corrected chi connectivity index (χ3v) is 4.26. The van der Waals surface area contributed by atoms with Crippen LogP contribution in [0.5, 0.6) is 0 Å². The summed E-state index contributed by atoms with van der Waals surface area (Å²) in [4.78, 5) is 9.57. The summed E-state index contributed by atoms with van der Waals surface area (Å²) in [6.45, 7) is 7.91. The first-order chi connectivity index (χ1) is 9.65. The van der Waals surface area contributed by atoms with Crippen molar-refractivity contribution in [2.24, 2.45) is 0 Å². The minimum atomic E-state index is 0.358. The molecule has 0 saturated carbocycles. The van der Waals surface area contributed by atoms with Crippen LogP contribution in [-0.4, -0.2) is 49.7 Å². The number of nitrogens with zero attached hydrogens (tertiary/aromatic N) is 3. The molecule has 2 atom stereocenters. The molecule has 4 heteroatoms. The molecule has 0 bridgehead atoms. The van der Waals surface area contributed by atoms with Gasteiger partial charge in [-0.15, -0.1) is 0 Å². The molecule has 2 heterocycles. The lowest BCUT2D eigenvalue weighted by Crippen LogP contribution is -2.38.